The molecule has 100 valence electrons. The molecular weight excluding hydrogens is 310 g/mol. The average molecular weight is 326 g/mol. The first kappa shape index (κ1) is 13.2. The van der Waals surface area contributed by atoms with Crippen LogP contribution in [0.3, 0.4) is 0 Å². The molecule has 0 amide bonds. The molecule has 0 aromatic heterocycles. The highest BCUT2D eigenvalue weighted by atomic mass is 79.9. The van der Waals surface area contributed by atoms with Crippen molar-refractivity contribution in [2.75, 3.05) is 5.32 Å². The third-order valence-electron chi connectivity index (χ3n) is 3.55. The van der Waals surface area contributed by atoms with Crippen LogP contribution in [0.5, 0.6) is 0 Å². The molecule has 0 aliphatic rings. The topological polar surface area (TPSA) is 12.0 Å². The Kier molecular flexibility index (Phi) is 3.75. The van der Waals surface area contributed by atoms with Crippen LogP contribution in [-0.2, 0) is 6.54 Å². The first-order valence-corrected chi connectivity index (χ1v) is 7.49. The van der Waals surface area contributed by atoms with Gasteiger partial charge < -0.3 is 5.32 Å². The lowest BCUT2D eigenvalue weighted by Gasteiger charge is -2.10. The zero-order valence-electron chi connectivity index (χ0n) is 11.4. The van der Waals surface area contributed by atoms with E-state index in [0.717, 1.165) is 16.7 Å². The molecule has 0 fully saturated rings. The second-order valence-corrected chi connectivity index (χ2v) is 5.90. The van der Waals surface area contributed by atoms with Crippen LogP contribution in [0, 0.1) is 6.92 Å². The number of nitrogens with one attached hydrogen (secondary N) is 1. The molecule has 0 heterocycles. The molecular formula is C18H16BrN. The predicted octanol–water partition coefficient (Wildman–Crippen LogP) is 5.52. The molecule has 2 heteroatoms. The fourth-order valence-electron chi connectivity index (χ4n) is 2.33. The van der Waals surface area contributed by atoms with Crippen LogP contribution in [0.2, 0.25) is 0 Å². The maximum absolute atomic E-state index is 3.50. The van der Waals surface area contributed by atoms with E-state index in [1.165, 1.54) is 21.9 Å². The van der Waals surface area contributed by atoms with E-state index in [-0.39, 0.29) is 0 Å². The second kappa shape index (κ2) is 5.68. The molecule has 1 N–H and O–H groups in total. The number of anilines is 1. The van der Waals surface area contributed by atoms with Crippen LogP contribution in [0.4, 0.5) is 5.69 Å². The van der Waals surface area contributed by atoms with E-state index < -0.39 is 0 Å². The first-order chi connectivity index (χ1) is 9.72. The van der Waals surface area contributed by atoms with Crippen LogP contribution in [-0.4, -0.2) is 0 Å². The van der Waals surface area contributed by atoms with Crippen molar-refractivity contribution >= 4 is 32.4 Å². The molecule has 0 aliphatic carbocycles. The van der Waals surface area contributed by atoms with Gasteiger partial charge in [-0.05, 0) is 53.1 Å². The van der Waals surface area contributed by atoms with Gasteiger partial charge in [0, 0.05) is 16.7 Å². The normalized spacial score (nSPS) is 10.7. The Morgan fingerprint density at radius 1 is 0.900 bits per heavy atom. The Morgan fingerprint density at radius 3 is 2.50 bits per heavy atom. The lowest BCUT2D eigenvalue weighted by atomic mass is 10.1. The van der Waals surface area contributed by atoms with E-state index in [1.807, 2.05) is 0 Å². The number of hydrogen-bond acceptors (Lipinski definition) is 1. The highest BCUT2D eigenvalue weighted by molar-refractivity contribution is 9.10. The molecule has 0 aliphatic heterocycles. The number of aryl methyl sites for hydroxylation is 1. The largest absolute Gasteiger partial charge is 0.381 e. The monoisotopic (exact) mass is 325 g/mol. The van der Waals surface area contributed by atoms with E-state index in [1.54, 1.807) is 0 Å². The third-order valence-corrected chi connectivity index (χ3v) is 4.04. The fourth-order valence-corrected chi connectivity index (χ4v) is 2.71. The summed E-state index contributed by atoms with van der Waals surface area (Å²) < 4.78 is 1.12. The van der Waals surface area contributed by atoms with Crippen LogP contribution in [0.25, 0.3) is 10.8 Å². The minimum absolute atomic E-state index is 0.856. The maximum atomic E-state index is 3.50. The highest BCUT2D eigenvalue weighted by Gasteiger charge is 1.99. The number of benzene rings is 3. The average Bonchev–Trinajstić information content (AvgIpc) is 2.46. The standard InChI is InChI=1S/C18H16BrN/c1-13-4-2-3-5-16(13)12-20-18-9-7-14-10-17(19)8-6-15(14)11-18/h2-11,20H,12H2,1H3. The van der Waals surface area contributed by atoms with Gasteiger partial charge in [-0.1, -0.05) is 52.3 Å². The van der Waals surface area contributed by atoms with Crippen molar-refractivity contribution in [3.8, 4) is 0 Å². The smallest absolute Gasteiger partial charge is 0.0403 e. The van der Waals surface area contributed by atoms with Gasteiger partial charge in [-0.15, -0.1) is 0 Å². The summed E-state index contributed by atoms with van der Waals surface area (Å²) in [5, 5.41) is 6.00. The molecule has 3 aromatic rings. The van der Waals surface area contributed by atoms with Crippen molar-refractivity contribution in [1.82, 2.24) is 0 Å². The van der Waals surface area contributed by atoms with Gasteiger partial charge in [0.1, 0.15) is 0 Å². The number of rotatable bonds is 3. The summed E-state index contributed by atoms with van der Waals surface area (Å²) >= 11 is 3.50. The van der Waals surface area contributed by atoms with Crippen LogP contribution in [0.1, 0.15) is 11.1 Å². The quantitative estimate of drug-likeness (QED) is 0.668. The first-order valence-electron chi connectivity index (χ1n) is 6.70. The van der Waals surface area contributed by atoms with Crippen molar-refractivity contribution in [2.24, 2.45) is 0 Å². The number of halogens is 1. The third kappa shape index (κ3) is 2.86. The Morgan fingerprint density at radius 2 is 1.65 bits per heavy atom. The molecule has 0 saturated heterocycles. The van der Waals surface area contributed by atoms with Gasteiger partial charge in [0.25, 0.3) is 0 Å². The van der Waals surface area contributed by atoms with Gasteiger partial charge in [-0.3, -0.25) is 0 Å². The van der Waals surface area contributed by atoms with E-state index in [2.05, 4.69) is 88.8 Å². The predicted molar refractivity (Wildman–Crippen MR) is 90.2 cm³/mol. The van der Waals surface area contributed by atoms with Crippen molar-refractivity contribution in [3.05, 3.63) is 76.3 Å². The lowest BCUT2D eigenvalue weighted by molar-refractivity contribution is 1.12. The second-order valence-electron chi connectivity index (χ2n) is 4.99. The highest BCUT2D eigenvalue weighted by Crippen LogP contribution is 2.23. The Bertz CT molecular complexity index is 749. The summed E-state index contributed by atoms with van der Waals surface area (Å²) in [6.45, 7) is 3.00. The molecule has 3 rings (SSSR count). The Balaban J connectivity index is 1.81. The van der Waals surface area contributed by atoms with Crippen LogP contribution in [0.15, 0.2) is 65.1 Å². The molecule has 0 bridgehead atoms. The van der Waals surface area contributed by atoms with Crippen molar-refractivity contribution in [1.29, 1.82) is 0 Å². The fraction of sp³-hybridized carbons (Fsp3) is 0.111. The Hall–Kier alpha value is -1.80. The molecule has 0 atom stereocenters. The number of hydrogen-bond donors (Lipinski definition) is 1. The molecule has 0 saturated carbocycles. The van der Waals surface area contributed by atoms with Gasteiger partial charge in [0.15, 0.2) is 0 Å². The van der Waals surface area contributed by atoms with E-state index in [9.17, 15) is 0 Å². The molecule has 0 unspecified atom stereocenters. The van der Waals surface area contributed by atoms with Gasteiger partial charge in [0.2, 0.25) is 0 Å². The summed E-state index contributed by atoms with van der Waals surface area (Å²) in [6, 6.07) is 21.3. The Labute approximate surface area is 127 Å². The van der Waals surface area contributed by atoms with E-state index >= 15 is 0 Å². The summed E-state index contributed by atoms with van der Waals surface area (Å²) in [4.78, 5) is 0. The summed E-state index contributed by atoms with van der Waals surface area (Å²) in [5.74, 6) is 0. The minimum Gasteiger partial charge on any atom is -0.381 e. The van der Waals surface area contributed by atoms with Gasteiger partial charge in [-0.25, -0.2) is 0 Å². The lowest BCUT2D eigenvalue weighted by Crippen LogP contribution is -2.00. The van der Waals surface area contributed by atoms with E-state index in [4.69, 9.17) is 0 Å². The van der Waals surface area contributed by atoms with E-state index in [0.29, 0.717) is 0 Å². The minimum atomic E-state index is 0.856. The van der Waals surface area contributed by atoms with Crippen molar-refractivity contribution < 1.29 is 0 Å². The maximum Gasteiger partial charge on any atom is 0.0403 e. The number of fused-ring (bicyclic) bond motifs is 1. The molecule has 20 heavy (non-hydrogen) atoms. The van der Waals surface area contributed by atoms with Crippen molar-refractivity contribution in [3.63, 3.8) is 0 Å². The van der Waals surface area contributed by atoms with Crippen LogP contribution >= 0.6 is 15.9 Å². The summed E-state index contributed by atoms with van der Waals surface area (Å²) in [7, 11) is 0. The zero-order valence-corrected chi connectivity index (χ0v) is 12.9. The van der Waals surface area contributed by atoms with Gasteiger partial charge in [0.05, 0.1) is 0 Å². The molecule has 3 aromatic carbocycles. The SMILES string of the molecule is Cc1ccccc1CNc1ccc2cc(Br)ccc2c1. The summed E-state index contributed by atoms with van der Waals surface area (Å²) in [6.07, 6.45) is 0. The summed E-state index contributed by atoms with van der Waals surface area (Å²) in [5.41, 5.74) is 3.82. The molecule has 1 nitrogen and oxygen atoms in total. The van der Waals surface area contributed by atoms with Gasteiger partial charge >= 0.3 is 0 Å². The zero-order chi connectivity index (χ0) is 13.9. The van der Waals surface area contributed by atoms with Gasteiger partial charge in [-0.2, -0.15) is 0 Å². The molecule has 0 radical (unpaired) electrons. The molecule has 0 spiro atoms. The van der Waals surface area contributed by atoms with Crippen molar-refractivity contribution in [2.45, 2.75) is 13.5 Å². The van der Waals surface area contributed by atoms with Crippen LogP contribution < -0.4 is 5.32 Å².